The predicted molar refractivity (Wildman–Crippen MR) is 129 cm³/mol. The molecule has 4 fully saturated rings. The zero-order valence-corrected chi connectivity index (χ0v) is 22.0. The number of rotatable bonds is 4. The van der Waals surface area contributed by atoms with Gasteiger partial charge in [-0.1, -0.05) is 19.4 Å². The molecule has 0 spiro atoms. The number of carbonyl (C=O) groups is 3. The van der Waals surface area contributed by atoms with Crippen molar-refractivity contribution in [3.8, 4) is 0 Å². The number of esters is 1. The summed E-state index contributed by atoms with van der Waals surface area (Å²) in [7, 11) is 0. The fraction of sp³-hybridized carbons (Fsp3) is 0.815. The van der Waals surface area contributed by atoms with Gasteiger partial charge in [-0.3, -0.25) is 9.59 Å². The molecule has 0 aromatic heterocycles. The number of fused-ring (bicyclic) bond motifs is 5. The van der Waals surface area contributed by atoms with Gasteiger partial charge in [-0.05, 0) is 50.0 Å². The first-order valence-corrected chi connectivity index (χ1v) is 13.6. The van der Waals surface area contributed by atoms with Crippen molar-refractivity contribution in [2.75, 3.05) is 6.61 Å². The van der Waals surface area contributed by atoms with Gasteiger partial charge in [0, 0.05) is 23.2 Å². The Morgan fingerprint density at radius 1 is 1.08 bits per heavy atom. The predicted octanol–water partition coefficient (Wildman–Crippen LogP) is -1.90. The Kier molecular flexibility index (Phi) is 7.12. The van der Waals surface area contributed by atoms with E-state index in [1.807, 2.05) is 6.92 Å². The van der Waals surface area contributed by atoms with E-state index in [9.17, 15) is 50.1 Å². The van der Waals surface area contributed by atoms with Gasteiger partial charge in [0.05, 0.1) is 6.10 Å². The van der Waals surface area contributed by atoms with Crippen LogP contribution >= 0.6 is 0 Å². The molecule has 0 radical (unpaired) electrons. The van der Waals surface area contributed by atoms with E-state index in [0.717, 1.165) is 0 Å². The van der Waals surface area contributed by atoms with Gasteiger partial charge in [0.25, 0.3) is 0 Å². The molecule has 0 aromatic rings. The zero-order valence-electron chi connectivity index (χ0n) is 22.0. The Balaban J connectivity index is 1.46. The zero-order chi connectivity index (χ0) is 28.7. The van der Waals surface area contributed by atoms with Crippen LogP contribution in [0.4, 0.5) is 0 Å². The summed E-state index contributed by atoms with van der Waals surface area (Å²) >= 11 is 0. The second kappa shape index (κ2) is 9.66. The minimum atomic E-state index is -1.94. The number of carbonyl (C=O) groups excluding carboxylic acids is 3. The molecule has 1 heterocycles. The lowest BCUT2D eigenvalue weighted by Gasteiger charge is -2.61. The maximum Gasteiger partial charge on any atom is 0.338 e. The van der Waals surface area contributed by atoms with Gasteiger partial charge in [-0.15, -0.1) is 0 Å². The molecule has 218 valence electrons. The molecule has 13 atom stereocenters. The van der Waals surface area contributed by atoms with Gasteiger partial charge in [0.15, 0.2) is 24.0 Å². The largest absolute Gasteiger partial charge is 0.459 e. The average molecular weight is 555 g/mol. The van der Waals surface area contributed by atoms with Crippen LogP contribution in [0, 0.1) is 28.6 Å². The van der Waals surface area contributed by atoms with Crippen molar-refractivity contribution in [3.05, 3.63) is 11.6 Å². The van der Waals surface area contributed by atoms with E-state index in [4.69, 9.17) is 9.47 Å². The Morgan fingerprint density at radius 3 is 2.44 bits per heavy atom. The van der Waals surface area contributed by atoms with Crippen molar-refractivity contribution in [2.45, 2.75) is 101 Å². The van der Waals surface area contributed by atoms with Gasteiger partial charge < -0.3 is 45.2 Å². The third kappa shape index (κ3) is 3.98. The third-order valence-corrected chi connectivity index (χ3v) is 10.8. The Labute approximate surface area is 225 Å². The van der Waals surface area contributed by atoms with Crippen LogP contribution in [0.25, 0.3) is 0 Å². The Morgan fingerprint density at radius 2 is 1.77 bits per heavy atom. The summed E-state index contributed by atoms with van der Waals surface area (Å²) in [5, 5.41) is 72.5. The van der Waals surface area contributed by atoms with Crippen molar-refractivity contribution in [1.29, 1.82) is 0 Å². The summed E-state index contributed by atoms with van der Waals surface area (Å²) in [5.41, 5.74) is -3.05. The van der Waals surface area contributed by atoms with E-state index in [-0.39, 0.29) is 36.9 Å². The number of ketones is 2. The normalized spacial score (nSPS) is 51.3. The first-order chi connectivity index (χ1) is 18.2. The third-order valence-electron chi connectivity index (χ3n) is 10.8. The first-order valence-electron chi connectivity index (χ1n) is 13.6. The fourth-order valence-corrected chi connectivity index (χ4v) is 8.72. The van der Waals surface area contributed by atoms with Crippen LogP contribution in [0.3, 0.4) is 0 Å². The molecule has 5 rings (SSSR count). The molecule has 0 aromatic carbocycles. The smallest absolute Gasteiger partial charge is 0.338 e. The molecule has 12 nitrogen and oxygen atoms in total. The topological polar surface area (TPSA) is 211 Å². The van der Waals surface area contributed by atoms with Crippen LogP contribution in [0.2, 0.25) is 0 Å². The lowest BCUT2D eigenvalue weighted by atomic mass is 9.44. The summed E-state index contributed by atoms with van der Waals surface area (Å²) < 4.78 is 10.8. The van der Waals surface area contributed by atoms with Crippen LogP contribution in [-0.2, 0) is 23.9 Å². The highest BCUT2D eigenvalue weighted by molar-refractivity contribution is 5.93. The summed E-state index contributed by atoms with van der Waals surface area (Å²) in [6.07, 6.45) is -8.35. The monoisotopic (exact) mass is 554 g/mol. The highest BCUT2D eigenvalue weighted by Crippen LogP contribution is 2.67. The number of aliphatic hydroxyl groups is 7. The van der Waals surface area contributed by atoms with Crippen LogP contribution in [0.5, 0.6) is 0 Å². The average Bonchev–Trinajstić information content (AvgIpc) is 3.15. The molecule has 4 aliphatic carbocycles. The molecule has 0 amide bonds. The van der Waals surface area contributed by atoms with E-state index in [1.54, 1.807) is 6.92 Å². The van der Waals surface area contributed by atoms with E-state index in [2.05, 4.69) is 0 Å². The molecule has 12 heteroatoms. The minimum absolute atomic E-state index is 0.0687. The minimum Gasteiger partial charge on any atom is -0.459 e. The van der Waals surface area contributed by atoms with Gasteiger partial charge in [-0.25, -0.2) is 4.79 Å². The first kappa shape index (κ1) is 28.7. The number of aliphatic hydroxyl groups excluding tert-OH is 6. The van der Waals surface area contributed by atoms with Crippen LogP contribution in [-0.4, -0.2) is 108 Å². The van der Waals surface area contributed by atoms with Crippen LogP contribution in [0.15, 0.2) is 11.6 Å². The molecular weight excluding hydrogens is 516 g/mol. The van der Waals surface area contributed by atoms with Crippen LogP contribution in [0.1, 0.15) is 52.4 Å². The second-order valence-electron chi connectivity index (χ2n) is 12.5. The summed E-state index contributed by atoms with van der Waals surface area (Å²) in [6, 6.07) is 0. The van der Waals surface area contributed by atoms with Gasteiger partial charge in [0.2, 0.25) is 0 Å². The molecule has 5 aliphatic rings. The van der Waals surface area contributed by atoms with Crippen molar-refractivity contribution >= 4 is 17.5 Å². The number of Topliss-reactive ketones (excluding diaryl/α,β-unsaturated/α-hetero) is 1. The highest BCUT2D eigenvalue weighted by Gasteiger charge is 2.69. The summed E-state index contributed by atoms with van der Waals surface area (Å²) in [5.74, 6) is -2.94. The molecule has 7 N–H and O–H groups in total. The van der Waals surface area contributed by atoms with Gasteiger partial charge in [-0.2, -0.15) is 0 Å². The van der Waals surface area contributed by atoms with Gasteiger partial charge in [0.1, 0.15) is 36.6 Å². The lowest BCUT2D eigenvalue weighted by Crippen LogP contribution is -2.64. The molecule has 3 saturated carbocycles. The fourth-order valence-electron chi connectivity index (χ4n) is 8.72. The highest BCUT2D eigenvalue weighted by atomic mass is 16.7. The van der Waals surface area contributed by atoms with E-state index >= 15 is 0 Å². The molecule has 39 heavy (non-hydrogen) atoms. The van der Waals surface area contributed by atoms with Crippen molar-refractivity contribution in [1.82, 2.24) is 0 Å². The van der Waals surface area contributed by atoms with Gasteiger partial charge >= 0.3 is 5.97 Å². The Bertz CT molecular complexity index is 1070. The number of hydrogen-bond donors (Lipinski definition) is 7. The lowest BCUT2D eigenvalue weighted by molar-refractivity contribution is -0.283. The maximum atomic E-state index is 13.2. The number of ether oxygens (including phenoxy) is 2. The Hall–Kier alpha value is -1.77. The molecular formula is C27H38O12. The summed E-state index contributed by atoms with van der Waals surface area (Å²) in [6.45, 7) is 2.79. The molecule has 1 aliphatic heterocycles. The quantitative estimate of drug-likeness (QED) is 0.190. The molecule has 0 bridgehead atoms. The van der Waals surface area contributed by atoms with Crippen molar-refractivity contribution in [2.24, 2.45) is 28.6 Å². The van der Waals surface area contributed by atoms with E-state index in [1.165, 1.54) is 6.08 Å². The van der Waals surface area contributed by atoms with Crippen molar-refractivity contribution < 1.29 is 59.6 Å². The second-order valence-corrected chi connectivity index (χ2v) is 12.5. The summed E-state index contributed by atoms with van der Waals surface area (Å²) in [4.78, 5) is 38.5. The SMILES string of the molecule is C[C@]12C[C@H](O)[C@H]3[C@@H](CCC4=CC(=O)CC(OC(=O)[C@H]5O[C@@H](O)[C@H](O)[C@@H](O)[C@@H]5O)[C@@]43C)[C@@H]1CC[C@]2(O)C(=O)CO. The van der Waals surface area contributed by atoms with Crippen LogP contribution < -0.4 is 0 Å². The number of hydrogen-bond acceptors (Lipinski definition) is 12. The van der Waals surface area contributed by atoms with E-state index in [0.29, 0.717) is 24.8 Å². The standard InChI is InChI=1S/C27H38O12/c1-25-9-15(30)18-13(14(25)5-6-27(25,37)16(31)10-28)4-3-11-7-12(29)8-17(26(11,18)2)38-24(36)22-20(33)19(32)21(34)23(35)39-22/h7,13-15,17-23,28,30,32-35,37H,3-6,8-10H2,1-2H3/t13-,14-,15-,17?,18+,19-,20-,21+,22-,23+,25-,26+,27-/m0/s1. The molecule has 1 unspecified atom stereocenters. The van der Waals surface area contributed by atoms with E-state index < -0.39 is 83.6 Å². The molecule has 1 saturated heterocycles. The maximum absolute atomic E-state index is 13.2. The van der Waals surface area contributed by atoms with Crippen molar-refractivity contribution in [3.63, 3.8) is 0 Å².